The van der Waals surface area contributed by atoms with Crippen molar-refractivity contribution in [3.05, 3.63) is 0 Å². The molecule has 0 aliphatic rings. The highest BCUT2D eigenvalue weighted by atomic mass is 16.3. The molecule has 0 rings (SSSR count). The highest BCUT2D eigenvalue weighted by molar-refractivity contribution is 4.86. The molecule has 0 aromatic rings. The molecule has 3 heteroatoms. The van der Waals surface area contributed by atoms with Crippen molar-refractivity contribution in [1.29, 1.82) is 0 Å². The summed E-state index contributed by atoms with van der Waals surface area (Å²) in [5.41, 5.74) is 11.9. The maximum atomic E-state index is 9.94. The number of aliphatic hydroxyl groups excluding tert-OH is 1. The number of hydrogen-bond donors (Lipinski definition) is 3. The van der Waals surface area contributed by atoms with Gasteiger partial charge in [0.25, 0.3) is 0 Å². The average Bonchev–Trinajstić information content (AvgIpc) is 2.23. The minimum absolute atomic E-state index is 0.205. The van der Waals surface area contributed by atoms with Gasteiger partial charge in [0.05, 0.1) is 6.10 Å². The lowest BCUT2D eigenvalue weighted by Gasteiger charge is -2.31. The van der Waals surface area contributed by atoms with E-state index in [4.69, 9.17) is 11.5 Å². The van der Waals surface area contributed by atoms with E-state index in [-0.39, 0.29) is 12.1 Å². The van der Waals surface area contributed by atoms with Gasteiger partial charge in [-0.2, -0.15) is 0 Å². The van der Waals surface area contributed by atoms with Crippen molar-refractivity contribution >= 4 is 0 Å². The van der Waals surface area contributed by atoms with Gasteiger partial charge in [-0.15, -0.1) is 0 Å². The summed E-state index contributed by atoms with van der Waals surface area (Å²) in [5, 5.41) is 9.94. The molecule has 14 heavy (non-hydrogen) atoms. The lowest BCUT2D eigenvalue weighted by molar-refractivity contribution is 0.0749. The van der Waals surface area contributed by atoms with Crippen LogP contribution in [0.2, 0.25) is 0 Å². The van der Waals surface area contributed by atoms with Crippen LogP contribution in [0.25, 0.3) is 0 Å². The molecule has 86 valence electrons. The fourth-order valence-corrected chi connectivity index (χ4v) is 1.47. The van der Waals surface area contributed by atoms with Crippen molar-refractivity contribution in [2.45, 2.75) is 58.7 Å². The number of hydrogen-bond acceptors (Lipinski definition) is 3. The molecule has 1 unspecified atom stereocenters. The lowest BCUT2D eigenvalue weighted by Crippen LogP contribution is -2.52. The highest BCUT2D eigenvalue weighted by Gasteiger charge is 2.28. The molecule has 0 saturated heterocycles. The molecule has 0 aromatic heterocycles. The van der Waals surface area contributed by atoms with Crippen molar-refractivity contribution in [3.63, 3.8) is 0 Å². The number of aliphatic hydroxyl groups is 1. The smallest absolute Gasteiger partial charge is 0.0846 e. The first-order chi connectivity index (χ1) is 6.45. The Morgan fingerprint density at radius 3 is 1.43 bits per heavy atom. The van der Waals surface area contributed by atoms with Crippen molar-refractivity contribution in [2.24, 2.45) is 23.3 Å². The summed E-state index contributed by atoms with van der Waals surface area (Å²) >= 11 is 0. The van der Waals surface area contributed by atoms with E-state index in [9.17, 15) is 5.11 Å². The van der Waals surface area contributed by atoms with Gasteiger partial charge in [0.2, 0.25) is 0 Å². The van der Waals surface area contributed by atoms with E-state index in [0.29, 0.717) is 11.8 Å². The first-order valence-electron chi connectivity index (χ1n) is 5.64. The van der Waals surface area contributed by atoms with Crippen LogP contribution in [0, 0.1) is 11.8 Å². The number of nitrogens with two attached hydrogens (primary N) is 2. The van der Waals surface area contributed by atoms with Gasteiger partial charge in [0, 0.05) is 12.1 Å². The topological polar surface area (TPSA) is 72.3 Å². The Bertz CT molecular complexity index is 136. The maximum absolute atomic E-state index is 9.94. The van der Waals surface area contributed by atoms with E-state index in [1.165, 1.54) is 0 Å². The SMILES string of the molecule is CC[C@@H](C)[C@H](N)C(O)[C@@H](N)[C@@H](C)CC. The molecule has 0 bridgehead atoms. The molecule has 5 atom stereocenters. The third-order valence-corrected chi connectivity index (χ3v) is 3.39. The third kappa shape index (κ3) is 3.56. The second kappa shape index (κ2) is 6.38. The summed E-state index contributed by atoms with van der Waals surface area (Å²) < 4.78 is 0. The molecule has 0 spiro atoms. The second-order valence-electron chi connectivity index (χ2n) is 4.42. The van der Waals surface area contributed by atoms with Crippen molar-refractivity contribution in [2.75, 3.05) is 0 Å². The Kier molecular flexibility index (Phi) is 6.33. The van der Waals surface area contributed by atoms with E-state index in [1.807, 2.05) is 0 Å². The summed E-state index contributed by atoms with van der Waals surface area (Å²) in [5.74, 6) is 0.639. The van der Waals surface area contributed by atoms with Crippen LogP contribution in [0.3, 0.4) is 0 Å². The molecular formula is C11H26N2O. The Balaban J connectivity index is 4.22. The van der Waals surface area contributed by atoms with Gasteiger partial charge in [-0.3, -0.25) is 0 Å². The fourth-order valence-electron chi connectivity index (χ4n) is 1.47. The minimum atomic E-state index is -0.583. The molecule has 0 aromatic carbocycles. The van der Waals surface area contributed by atoms with Crippen LogP contribution in [0.15, 0.2) is 0 Å². The molecule has 0 radical (unpaired) electrons. The predicted octanol–water partition coefficient (Wildman–Crippen LogP) is 1.09. The molecule has 0 saturated carbocycles. The van der Waals surface area contributed by atoms with E-state index in [1.54, 1.807) is 0 Å². The highest BCUT2D eigenvalue weighted by Crippen LogP contribution is 2.16. The van der Waals surface area contributed by atoms with Crippen LogP contribution in [0.4, 0.5) is 0 Å². The normalized spacial score (nSPS) is 22.5. The molecule has 0 heterocycles. The van der Waals surface area contributed by atoms with Crippen LogP contribution in [0.5, 0.6) is 0 Å². The predicted molar refractivity (Wildman–Crippen MR) is 60.9 cm³/mol. The molecule has 0 aliphatic heterocycles. The molecule has 0 aliphatic carbocycles. The lowest BCUT2D eigenvalue weighted by atomic mass is 9.86. The van der Waals surface area contributed by atoms with Crippen LogP contribution in [-0.2, 0) is 0 Å². The summed E-state index contributed by atoms with van der Waals surface area (Å²) in [6.07, 6.45) is 1.37. The Morgan fingerprint density at radius 2 is 1.21 bits per heavy atom. The summed E-state index contributed by atoms with van der Waals surface area (Å²) in [7, 11) is 0. The van der Waals surface area contributed by atoms with Gasteiger partial charge in [-0.25, -0.2) is 0 Å². The van der Waals surface area contributed by atoms with Gasteiger partial charge >= 0.3 is 0 Å². The number of rotatable bonds is 6. The van der Waals surface area contributed by atoms with Crippen LogP contribution < -0.4 is 11.5 Å². The van der Waals surface area contributed by atoms with Crippen LogP contribution in [0.1, 0.15) is 40.5 Å². The Morgan fingerprint density at radius 1 is 0.929 bits per heavy atom. The largest absolute Gasteiger partial charge is 0.390 e. The zero-order valence-electron chi connectivity index (χ0n) is 9.90. The molecule has 0 amide bonds. The van der Waals surface area contributed by atoms with Gasteiger partial charge in [0.1, 0.15) is 0 Å². The van der Waals surface area contributed by atoms with Gasteiger partial charge in [-0.1, -0.05) is 40.5 Å². The Hall–Kier alpha value is -0.120. The zero-order chi connectivity index (χ0) is 11.3. The van der Waals surface area contributed by atoms with Crippen molar-refractivity contribution in [3.8, 4) is 0 Å². The molecule has 3 nitrogen and oxygen atoms in total. The molecule has 0 fully saturated rings. The van der Waals surface area contributed by atoms with E-state index in [0.717, 1.165) is 12.8 Å². The second-order valence-corrected chi connectivity index (χ2v) is 4.42. The van der Waals surface area contributed by atoms with Crippen molar-refractivity contribution in [1.82, 2.24) is 0 Å². The quantitative estimate of drug-likeness (QED) is 0.604. The first-order valence-corrected chi connectivity index (χ1v) is 5.64. The maximum Gasteiger partial charge on any atom is 0.0846 e. The molecule has 5 N–H and O–H groups in total. The minimum Gasteiger partial charge on any atom is -0.390 e. The Labute approximate surface area is 87.9 Å². The third-order valence-electron chi connectivity index (χ3n) is 3.39. The van der Waals surface area contributed by atoms with Crippen LogP contribution >= 0.6 is 0 Å². The zero-order valence-corrected chi connectivity index (χ0v) is 9.90. The average molecular weight is 202 g/mol. The summed E-state index contributed by atoms with van der Waals surface area (Å²) in [4.78, 5) is 0. The molecular weight excluding hydrogens is 176 g/mol. The first kappa shape index (κ1) is 13.9. The standard InChI is InChI=1S/C11H26N2O/c1-5-7(3)9(12)11(14)10(13)8(4)6-2/h7-11,14H,5-6,12-13H2,1-4H3/t7-,8+,9-,10-,11?/m0/s1. The summed E-state index contributed by atoms with van der Waals surface area (Å²) in [6, 6.07) is -0.409. The summed E-state index contributed by atoms with van der Waals surface area (Å²) in [6.45, 7) is 8.26. The van der Waals surface area contributed by atoms with E-state index < -0.39 is 6.10 Å². The van der Waals surface area contributed by atoms with Crippen molar-refractivity contribution < 1.29 is 5.11 Å². The van der Waals surface area contributed by atoms with E-state index in [2.05, 4.69) is 27.7 Å². The van der Waals surface area contributed by atoms with E-state index >= 15 is 0 Å². The monoisotopic (exact) mass is 202 g/mol. The van der Waals surface area contributed by atoms with Gasteiger partial charge < -0.3 is 16.6 Å². The fraction of sp³-hybridized carbons (Fsp3) is 1.00. The van der Waals surface area contributed by atoms with Crippen LogP contribution in [-0.4, -0.2) is 23.3 Å². The van der Waals surface area contributed by atoms with Gasteiger partial charge in [-0.05, 0) is 11.8 Å². The van der Waals surface area contributed by atoms with Gasteiger partial charge in [0.15, 0.2) is 0 Å².